The number of aromatic nitrogens is 1. The number of likely N-dealkylation sites (tertiary alicyclic amines) is 1. The van der Waals surface area contributed by atoms with Crippen molar-refractivity contribution >= 4 is 17.2 Å². The van der Waals surface area contributed by atoms with Gasteiger partial charge in [0.05, 0.1) is 24.4 Å². The van der Waals surface area contributed by atoms with Gasteiger partial charge in [0.15, 0.2) is 0 Å². The van der Waals surface area contributed by atoms with E-state index in [1.54, 1.807) is 17.5 Å². The molecule has 0 aromatic carbocycles. The van der Waals surface area contributed by atoms with Crippen LogP contribution in [0.1, 0.15) is 41.4 Å². The molecule has 0 N–H and O–H groups in total. The van der Waals surface area contributed by atoms with Crippen molar-refractivity contribution in [3.63, 3.8) is 0 Å². The van der Waals surface area contributed by atoms with Gasteiger partial charge in [-0.2, -0.15) is 0 Å². The van der Waals surface area contributed by atoms with Crippen LogP contribution in [0.25, 0.3) is 0 Å². The Morgan fingerprint density at radius 3 is 2.83 bits per heavy atom. The van der Waals surface area contributed by atoms with Gasteiger partial charge in [-0.05, 0) is 18.8 Å². The minimum atomic E-state index is 0.166. The van der Waals surface area contributed by atoms with Crippen LogP contribution < -0.4 is 0 Å². The van der Waals surface area contributed by atoms with Crippen molar-refractivity contribution in [3.8, 4) is 0 Å². The fourth-order valence-corrected chi connectivity index (χ4v) is 4.63. The maximum atomic E-state index is 12.8. The smallest absolute Gasteiger partial charge is 0.265 e. The van der Waals surface area contributed by atoms with E-state index >= 15 is 0 Å². The highest BCUT2D eigenvalue weighted by Crippen LogP contribution is 2.28. The molecule has 23 heavy (non-hydrogen) atoms. The van der Waals surface area contributed by atoms with E-state index in [9.17, 15) is 4.79 Å². The van der Waals surface area contributed by atoms with E-state index in [0.29, 0.717) is 12.0 Å². The highest BCUT2D eigenvalue weighted by molar-refractivity contribution is 7.13. The molecule has 2 saturated heterocycles. The zero-order valence-corrected chi connectivity index (χ0v) is 15.0. The Labute approximate surface area is 142 Å². The molecule has 0 bridgehead atoms. The SMILES string of the molecule is CCCc1ncc(C(=O)N2C[C@H](CC)[C@@H](N3CCOCC3)C2)s1. The van der Waals surface area contributed by atoms with Crippen LogP contribution in [0.5, 0.6) is 0 Å². The summed E-state index contributed by atoms with van der Waals surface area (Å²) in [6.07, 6.45) is 4.92. The molecule has 0 radical (unpaired) electrons. The molecule has 2 aliphatic rings. The van der Waals surface area contributed by atoms with Crippen molar-refractivity contribution < 1.29 is 9.53 Å². The Morgan fingerprint density at radius 2 is 2.13 bits per heavy atom. The first-order valence-electron chi connectivity index (χ1n) is 8.78. The van der Waals surface area contributed by atoms with Crippen molar-refractivity contribution in [2.24, 2.45) is 5.92 Å². The summed E-state index contributed by atoms with van der Waals surface area (Å²) in [5.41, 5.74) is 0. The van der Waals surface area contributed by atoms with Gasteiger partial charge >= 0.3 is 0 Å². The highest BCUT2D eigenvalue weighted by Gasteiger charge is 2.38. The van der Waals surface area contributed by atoms with Gasteiger partial charge in [-0.25, -0.2) is 4.98 Å². The first kappa shape index (κ1) is 16.9. The second-order valence-corrected chi connectivity index (χ2v) is 7.58. The van der Waals surface area contributed by atoms with Crippen molar-refractivity contribution in [2.75, 3.05) is 39.4 Å². The largest absolute Gasteiger partial charge is 0.379 e. The average Bonchev–Trinajstić information content (AvgIpc) is 3.22. The van der Waals surface area contributed by atoms with Crippen LogP contribution in [-0.2, 0) is 11.2 Å². The number of hydrogen-bond donors (Lipinski definition) is 0. The summed E-state index contributed by atoms with van der Waals surface area (Å²) in [5.74, 6) is 0.735. The number of carbonyl (C=O) groups excluding carboxylic acids is 1. The molecule has 1 aromatic rings. The van der Waals surface area contributed by atoms with Crippen LogP contribution in [0.15, 0.2) is 6.20 Å². The number of amides is 1. The number of nitrogens with zero attached hydrogens (tertiary/aromatic N) is 3. The molecule has 3 heterocycles. The summed E-state index contributed by atoms with van der Waals surface area (Å²) < 4.78 is 5.47. The number of carbonyl (C=O) groups is 1. The van der Waals surface area contributed by atoms with Gasteiger partial charge in [-0.15, -0.1) is 11.3 Å². The van der Waals surface area contributed by atoms with Gasteiger partial charge in [0.25, 0.3) is 5.91 Å². The molecular weight excluding hydrogens is 310 g/mol. The Bertz CT molecular complexity index is 528. The van der Waals surface area contributed by atoms with Gasteiger partial charge in [0.1, 0.15) is 4.88 Å². The summed E-state index contributed by atoms with van der Waals surface area (Å²) >= 11 is 1.56. The number of thiazole rings is 1. The molecule has 1 aromatic heterocycles. The second-order valence-electron chi connectivity index (χ2n) is 6.46. The molecule has 0 spiro atoms. The van der Waals surface area contributed by atoms with E-state index in [1.807, 2.05) is 4.90 Å². The molecule has 0 aliphatic carbocycles. The normalized spacial score (nSPS) is 25.9. The summed E-state index contributed by atoms with van der Waals surface area (Å²) in [6.45, 7) is 9.71. The van der Waals surface area contributed by atoms with E-state index in [2.05, 4.69) is 23.7 Å². The van der Waals surface area contributed by atoms with Gasteiger partial charge in [0, 0.05) is 32.2 Å². The van der Waals surface area contributed by atoms with Gasteiger partial charge in [-0.1, -0.05) is 20.3 Å². The number of morpholine rings is 1. The molecule has 2 atom stereocenters. The predicted octanol–water partition coefficient (Wildman–Crippen LogP) is 2.28. The Kier molecular flexibility index (Phi) is 5.67. The third-order valence-electron chi connectivity index (χ3n) is 4.96. The van der Waals surface area contributed by atoms with Gasteiger partial charge in [0.2, 0.25) is 0 Å². The lowest BCUT2D eigenvalue weighted by Crippen LogP contribution is -2.47. The lowest BCUT2D eigenvalue weighted by molar-refractivity contribution is 0.0103. The fraction of sp³-hybridized carbons (Fsp3) is 0.765. The van der Waals surface area contributed by atoms with Crippen LogP contribution >= 0.6 is 11.3 Å². The van der Waals surface area contributed by atoms with Crippen molar-refractivity contribution in [1.29, 1.82) is 0 Å². The van der Waals surface area contributed by atoms with E-state index < -0.39 is 0 Å². The summed E-state index contributed by atoms with van der Waals surface area (Å²) in [7, 11) is 0. The third kappa shape index (κ3) is 3.75. The Balaban J connectivity index is 1.66. The number of rotatable bonds is 5. The van der Waals surface area contributed by atoms with Crippen molar-refractivity contribution in [2.45, 2.75) is 39.2 Å². The van der Waals surface area contributed by atoms with Crippen molar-refractivity contribution in [3.05, 3.63) is 16.1 Å². The lowest BCUT2D eigenvalue weighted by Gasteiger charge is -2.34. The van der Waals surface area contributed by atoms with Crippen LogP contribution in [0.3, 0.4) is 0 Å². The lowest BCUT2D eigenvalue weighted by atomic mass is 9.99. The number of ether oxygens (including phenoxy) is 1. The van der Waals surface area contributed by atoms with Gasteiger partial charge in [-0.3, -0.25) is 9.69 Å². The molecule has 0 saturated carbocycles. The first-order chi connectivity index (χ1) is 11.2. The Hall–Kier alpha value is -0.980. The van der Waals surface area contributed by atoms with Crippen molar-refractivity contribution in [1.82, 2.24) is 14.8 Å². The molecule has 6 heteroatoms. The van der Waals surface area contributed by atoms with E-state index in [4.69, 9.17) is 4.74 Å². The fourth-order valence-electron chi connectivity index (χ4n) is 3.64. The van der Waals surface area contributed by atoms with Crippen LogP contribution in [0.4, 0.5) is 0 Å². The van der Waals surface area contributed by atoms with E-state index in [-0.39, 0.29) is 5.91 Å². The zero-order valence-electron chi connectivity index (χ0n) is 14.2. The number of hydrogen-bond acceptors (Lipinski definition) is 5. The van der Waals surface area contributed by atoms with E-state index in [1.165, 1.54) is 0 Å². The standard InChI is InChI=1S/C17H27N3O2S/c1-3-5-16-18-10-15(23-16)17(21)20-11-13(4-2)14(12-20)19-6-8-22-9-7-19/h10,13-14H,3-9,11-12H2,1-2H3/t13-,14-/m0/s1. The van der Waals surface area contributed by atoms with Crippen LogP contribution in [0.2, 0.25) is 0 Å². The van der Waals surface area contributed by atoms with Crippen LogP contribution in [-0.4, -0.2) is 66.1 Å². The predicted molar refractivity (Wildman–Crippen MR) is 92.0 cm³/mol. The monoisotopic (exact) mass is 337 g/mol. The first-order valence-corrected chi connectivity index (χ1v) is 9.60. The molecule has 0 unspecified atom stereocenters. The van der Waals surface area contributed by atoms with Crippen LogP contribution in [0, 0.1) is 5.92 Å². The van der Waals surface area contributed by atoms with E-state index in [0.717, 1.165) is 68.5 Å². The zero-order chi connectivity index (χ0) is 16.2. The van der Waals surface area contributed by atoms with Gasteiger partial charge < -0.3 is 9.64 Å². The number of aryl methyl sites for hydroxylation is 1. The molecule has 2 aliphatic heterocycles. The minimum Gasteiger partial charge on any atom is -0.379 e. The summed E-state index contributed by atoms with van der Waals surface area (Å²) in [4.78, 5) is 22.5. The maximum absolute atomic E-state index is 12.8. The topological polar surface area (TPSA) is 45.7 Å². The maximum Gasteiger partial charge on any atom is 0.265 e. The molecule has 128 valence electrons. The molecule has 2 fully saturated rings. The molecular formula is C17H27N3O2S. The average molecular weight is 337 g/mol. The Morgan fingerprint density at radius 1 is 1.35 bits per heavy atom. The molecule has 5 nitrogen and oxygen atoms in total. The minimum absolute atomic E-state index is 0.166. The summed E-state index contributed by atoms with van der Waals surface area (Å²) in [5, 5.41) is 1.08. The highest BCUT2D eigenvalue weighted by atomic mass is 32.1. The second kappa shape index (κ2) is 7.73. The quantitative estimate of drug-likeness (QED) is 0.827. The molecule has 1 amide bonds. The summed E-state index contributed by atoms with van der Waals surface area (Å²) in [6, 6.07) is 0.482. The third-order valence-corrected chi connectivity index (χ3v) is 6.01. The molecule has 3 rings (SSSR count).